The first-order valence-electron chi connectivity index (χ1n) is 11.0. The van der Waals surface area contributed by atoms with Crippen LogP contribution in [0.5, 0.6) is 0 Å². The Morgan fingerprint density at radius 1 is 0.500 bits per heavy atom. The van der Waals surface area contributed by atoms with Crippen LogP contribution in [0.1, 0.15) is 0 Å². The second kappa shape index (κ2) is 6.60. The minimum atomic E-state index is 1.09. The highest BCUT2D eigenvalue weighted by Gasteiger charge is 2.17. The van der Waals surface area contributed by atoms with Crippen LogP contribution in [0.15, 0.2) is 115 Å². The molecule has 0 fully saturated rings. The van der Waals surface area contributed by atoms with Crippen LogP contribution in [-0.2, 0) is 0 Å². The maximum Gasteiger partial charge on any atom is 0.0620 e. The van der Waals surface area contributed by atoms with E-state index in [9.17, 15) is 0 Å². The van der Waals surface area contributed by atoms with E-state index in [-0.39, 0.29) is 0 Å². The summed E-state index contributed by atoms with van der Waals surface area (Å²) in [5.74, 6) is 0. The van der Waals surface area contributed by atoms with Crippen molar-refractivity contribution in [2.45, 2.75) is 0 Å². The summed E-state index contributed by atoms with van der Waals surface area (Å²) in [7, 11) is 0. The number of hydrogen-bond acceptors (Lipinski definition) is 1. The number of nitrogens with one attached hydrogen (secondary N) is 1. The van der Waals surface area contributed by atoms with E-state index >= 15 is 0 Å². The first-order chi connectivity index (χ1) is 15.9. The lowest BCUT2D eigenvalue weighted by molar-refractivity contribution is 1.37. The van der Waals surface area contributed by atoms with Crippen LogP contribution < -0.4 is 5.32 Å². The molecule has 0 aliphatic carbocycles. The smallest absolute Gasteiger partial charge is 0.0620 e. The summed E-state index contributed by atoms with van der Waals surface area (Å²) in [6.45, 7) is 0. The molecule has 150 valence electrons. The zero-order valence-electron chi connectivity index (χ0n) is 17.4. The minimum Gasteiger partial charge on any atom is -0.355 e. The van der Waals surface area contributed by atoms with Crippen LogP contribution >= 0.6 is 0 Å². The lowest BCUT2D eigenvalue weighted by atomic mass is 10.0. The Labute approximate surface area is 185 Å². The first-order valence-corrected chi connectivity index (χ1v) is 11.0. The molecular formula is C30H20N2. The van der Waals surface area contributed by atoms with Crippen LogP contribution in [0.25, 0.3) is 49.2 Å². The second-order valence-electron chi connectivity index (χ2n) is 8.32. The SMILES string of the molecule is c1ccc(-c2ccccc2Nc2ccc3c4cccc5c6ccccc6n(c3c2)c54)cc1. The van der Waals surface area contributed by atoms with E-state index in [4.69, 9.17) is 0 Å². The van der Waals surface area contributed by atoms with Crippen molar-refractivity contribution >= 4 is 49.5 Å². The molecule has 2 aromatic heterocycles. The minimum absolute atomic E-state index is 1.09. The molecule has 0 unspecified atom stereocenters. The third kappa shape index (κ3) is 2.41. The zero-order valence-corrected chi connectivity index (χ0v) is 17.4. The zero-order chi connectivity index (χ0) is 21.1. The van der Waals surface area contributed by atoms with Crippen LogP contribution in [-0.4, -0.2) is 4.40 Å². The van der Waals surface area contributed by atoms with Crippen molar-refractivity contribution in [2.75, 3.05) is 5.32 Å². The summed E-state index contributed by atoms with van der Waals surface area (Å²) in [6, 6.07) is 41.1. The largest absolute Gasteiger partial charge is 0.355 e. The van der Waals surface area contributed by atoms with E-state index in [1.54, 1.807) is 0 Å². The summed E-state index contributed by atoms with van der Waals surface area (Å²) < 4.78 is 2.42. The number of hydrogen-bond donors (Lipinski definition) is 1. The van der Waals surface area contributed by atoms with Gasteiger partial charge < -0.3 is 9.72 Å². The van der Waals surface area contributed by atoms with Gasteiger partial charge in [-0.05, 0) is 29.8 Å². The van der Waals surface area contributed by atoms with Crippen molar-refractivity contribution in [1.82, 2.24) is 4.40 Å². The molecule has 2 heterocycles. The summed E-state index contributed by atoms with van der Waals surface area (Å²) in [5.41, 5.74) is 8.41. The summed E-state index contributed by atoms with van der Waals surface area (Å²) >= 11 is 0. The van der Waals surface area contributed by atoms with Gasteiger partial charge in [-0.25, -0.2) is 0 Å². The number of fused-ring (bicyclic) bond motifs is 6. The van der Waals surface area contributed by atoms with Gasteiger partial charge in [0.05, 0.1) is 16.6 Å². The Hall–Kier alpha value is -4.30. The Kier molecular flexibility index (Phi) is 3.58. The van der Waals surface area contributed by atoms with Crippen molar-refractivity contribution in [3.63, 3.8) is 0 Å². The predicted molar refractivity (Wildman–Crippen MR) is 136 cm³/mol. The molecule has 5 aromatic carbocycles. The van der Waals surface area contributed by atoms with Crippen LogP contribution in [0.3, 0.4) is 0 Å². The quantitative estimate of drug-likeness (QED) is 0.311. The van der Waals surface area contributed by atoms with Crippen LogP contribution in [0.4, 0.5) is 11.4 Å². The molecular weight excluding hydrogens is 388 g/mol. The molecule has 1 N–H and O–H groups in total. The number of aromatic nitrogens is 1. The average molecular weight is 409 g/mol. The van der Waals surface area contributed by atoms with Crippen molar-refractivity contribution < 1.29 is 0 Å². The first kappa shape index (κ1) is 17.4. The highest BCUT2D eigenvalue weighted by atomic mass is 14.9. The Balaban J connectivity index is 1.45. The normalized spacial score (nSPS) is 11.8. The molecule has 2 nitrogen and oxygen atoms in total. The molecule has 0 spiro atoms. The molecule has 0 saturated heterocycles. The Bertz CT molecular complexity index is 1740. The van der Waals surface area contributed by atoms with Gasteiger partial charge in [0.25, 0.3) is 0 Å². The third-order valence-electron chi connectivity index (χ3n) is 6.51. The molecule has 0 aliphatic rings. The van der Waals surface area contributed by atoms with Crippen LogP contribution in [0.2, 0.25) is 0 Å². The van der Waals surface area contributed by atoms with Gasteiger partial charge in [0.15, 0.2) is 0 Å². The van der Waals surface area contributed by atoms with Gasteiger partial charge in [0.2, 0.25) is 0 Å². The van der Waals surface area contributed by atoms with Gasteiger partial charge in [0.1, 0.15) is 0 Å². The summed E-state index contributed by atoms with van der Waals surface area (Å²) in [5, 5.41) is 8.91. The Morgan fingerprint density at radius 2 is 1.19 bits per heavy atom. The highest BCUT2D eigenvalue weighted by Crippen LogP contribution is 2.40. The number of benzene rings is 5. The predicted octanol–water partition coefficient (Wildman–Crippen LogP) is 8.25. The van der Waals surface area contributed by atoms with Crippen molar-refractivity contribution in [2.24, 2.45) is 0 Å². The monoisotopic (exact) mass is 408 g/mol. The molecule has 32 heavy (non-hydrogen) atoms. The summed E-state index contributed by atoms with van der Waals surface area (Å²) in [4.78, 5) is 0. The third-order valence-corrected chi connectivity index (χ3v) is 6.51. The topological polar surface area (TPSA) is 16.4 Å². The van der Waals surface area contributed by atoms with Gasteiger partial charge in [-0.3, -0.25) is 0 Å². The average Bonchev–Trinajstić information content (AvgIpc) is 3.37. The van der Waals surface area contributed by atoms with Gasteiger partial charge in [-0.15, -0.1) is 0 Å². The van der Waals surface area contributed by atoms with E-state index in [0.717, 1.165) is 11.4 Å². The van der Waals surface area contributed by atoms with Crippen LogP contribution in [0, 0.1) is 0 Å². The molecule has 2 heteroatoms. The van der Waals surface area contributed by atoms with Crippen molar-refractivity contribution in [3.8, 4) is 11.1 Å². The molecule has 7 aromatic rings. The summed E-state index contributed by atoms with van der Waals surface area (Å²) in [6.07, 6.45) is 0. The van der Waals surface area contributed by atoms with Gasteiger partial charge in [-0.2, -0.15) is 0 Å². The molecule has 0 radical (unpaired) electrons. The Morgan fingerprint density at radius 3 is 2.06 bits per heavy atom. The van der Waals surface area contributed by atoms with E-state index < -0.39 is 0 Å². The number of rotatable bonds is 3. The van der Waals surface area contributed by atoms with Crippen molar-refractivity contribution in [1.29, 1.82) is 0 Å². The van der Waals surface area contributed by atoms with E-state index in [1.165, 1.54) is 49.2 Å². The fraction of sp³-hybridized carbons (Fsp3) is 0. The maximum absolute atomic E-state index is 3.69. The van der Waals surface area contributed by atoms with E-state index in [1.807, 2.05) is 0 Å². The van der Waals surface area contributed by atoms with Gasteiger partial charge in [0, 0.05) is 38.5 Å². The highest BCUT2D eigenvalue weighted by molar-refractivity contribution is 6.23. The van der Waals surface area contributed by atoms with Crippen molar-refractivity contribution in [3.05, 3.63) is 115 Å². The number of para-hydroxylation sites is 3. The number of nitrogens with zero attached hydrogens (tertiary/aromatic N) is 1. The second-order valence-corrected chi connectivity index (χ2v) is 8.32. The van der Waals surface area contributed by atoms with Gasteiger partial charge >= 0.3 is 0 Å². The molecule has 0 bridgehead atoms. The van der Waals surface area contributed by atoms with E-state index in [2.05, 4.69) is 125 Å². The maximum atomic E-state index is 3.69. The molecule has 0 amide bonds. The molecule has 0 aliphatic heterocycles. The fourth-order valence-corrected chi connectivity index (χ4v) is 5.13. The molecule has 7 rings (SSSR count). The fourth-order valence-electron chi connectivity index (χ4n) is 5.13. The standard InChI is InChI=1S/C30H20N2/c1-2-9-20(10-3-1)22-11-4-6-15-27(22)31-21-17-18-24-26-14-8-13-25-23-12-5-7-16-28(23)32(30(25)26)29(24)19-21/h1-19,31H. The lowest BCUT2D eigenvalue weighted by Gasteiger charge is -2.13. The molecule has 0 saturated carbocycles. The lowest BCUT2D eigenvalue weighted by Crippen LogP contribution is -1.93. The van der Waals surface area contributed by atoms with Gasteiger partial charge in [-0.1, -0.05) is 91.0 Å². The molecule has 0 atom stereocenters. The number of anilines is 2. The van der Waals surface area contributed by atoms with E-state index in [0.29, 0.717) is 0 Å².